The number of ketones is 1. The Kier molecular flexibility index (Phi) is 5.69. The topological polar surface area (TPSA) is 118 Å². The maximum atomic E-state index is 12.4. The molecule has 0 bridgehead atoms. The Bertz CT molecular complexity index is 815. The van der Waals surface area contributed by atoms with Gasteiger partial charge in [0.25, 0.3) is 0 Å². The molecule has 0 saturated carbocycles. The number of allylic oxidation sites excluding steroid dienone is 1. The van der Waals surface area contributed by atoms with E-state index < -0.39 is 23.2 Å². The van der Waals surface area contributed by atoms with Gasteiger partial charge in [0.05, 0.1) is 17.3 Å². The minimum Gasteiger partial charge on any atom is -0.508 e. The average Bonchev–Trinajstić information content (AvgIpc) is 2.56. The third-order valence-corrected chi connectivity index (χ3v) is 4.06. The van der Waals surface area contributed by atoms with Crippen molar-refractivity contribution in [2.45, 2.75) is 32.0 Å². The molecule has 5 N–H and O–H groups in total. The van der Waals surface area contributed by atoms with Gasteiger partial charge in [0.2, 0.25) is 0 Å². The zero-order valence-corrected chi connectivity index (χ0v) is 14.5. The third kappa shape index (κ3) is 4.62. The fraction of sp³-hybridized carbons (Fsp3) is 0.250. The molecule has 0 radical (unpaired) electrons. The van der Waals surface area contributed by atoms with E-state index in [0.717, 1.165) is 0 Å². The molecule has 0 aliphatic carbocycles. The first-order valence-corrected chi connectivity index (χ1v) is 8.05. The quantitative estimate of drug-likeness (QED) is 0.400. The minimum atomic E-state index is -1.43. The molecule has 6 heteroatoms. The monoisotopic (exact) mass is 358 g/mol. The Labute approximate surface area is 151 Å². The number of hydrogen-bond donors (Lipinski definition) is 5. The Morgan fingerprint density at radius 2 is 1.69 bits per heavy atom. The lowest BCUT2D eigenvalue weighted by Gasteiger charge is -2.25. The molecule has 26 heavy (non-hydrogen) atoms. The fourth-order valence-electron chi connectivity index (χ4n) is 2.32. The number of carbonyl (C=O) groups is 1. The Hall–Kier alpha value is -2.83. The van der Waals surface area contributed by atoms with Crippen LogP contribution in [0.4, 0.5) is 0 Å². The first-order valence-electron chi connectivity index (χ1n) is 8.05. The van der Waals surface area contributed by atoms with E-state index in [1.165, 1.54) is 50.3 Å². The predicted molar refractivity (Wildman–Crippen MR) is 97.3 cm³/mol. The van der Waals surface area contributed by atoms with Crippen molar-refractivity contribution in [1.29, 1.82) is 0 Å². The van der Waals surface area contributed by atoms with E-state index in [1.54, 1.807) is 12.1 Å². The number of aliphatic hydroxyl groups is 2. The first kappa shape index (κ1) is 19.5. The summed E-state index contributed by atoms with van der Waals surface area (Å²) in [4.78, 5) is 12.4. The first-order chi connectivity index (χ1) is 12.1. The second kappa shape index (κ2) is 7.59. The molecule has 0 aliphatic rings. The molecule has 0 heterocycles. The van der Waals surface area contributed by atoms with E-state index >= 15 is 0 Å². The summed E-state index contributed by atoms with van der Waals surface area (Å²) in [6.45, 7) is 2.81. The second-order valence-corrected chi connectivity index (χ2v) is 6.62. The number of phenolic OH excluding ortho intramolecular Hbond substituents is 3. The van der Waals surface area contributed by atoms with Crippen molar-refractivity contribution in [3.8, 4) is 17.2 Å². The Morgan fingerprint density at radius 3 is 2.27 bits per heavy atom. The predicted octanol–water partition coefficient (Wildman–Crippen LogP) is 2.37. The average molecular weight is 358 g/mol. The van der Waals surface area contributed by atoms with E-state index in [9.17, 15) is 30.3 Å². The summed E-state index contributed by atoms with van der Waals surface area (Å²) >= 11 is 0. The van der Waals surface area contributed by atoms with E-state index in [0.29, 0.717) is 5.56 Å². The molecule has 6 nitrogen and oxygen atoms in total. The zero-order valence-electron chi connectivity index (χ0n) is 14.5. The highest BCUT2D eigenvalue weighted by molar-refractivity contribution is 6.09. The van der Waals surface area contributed by atoms with Gasteiger partial charge in [-0.3, -0.25) is 4.79 Å². The van der Waals surface area contributed by atoms with Gasteiger partial charge in [-0.15, -0.1) is 0 Å². The van der Waals surface area contributed by atoms with Crippen molar-refractivity contribution >= 4 is 11.9 Å². The largest absolute Gasteiger partial charge is 0.508 e. The van der Waals surface area contributed by atoms with Crippen LogP contribution in [0.2, 0.25) is 0 Å². The van der Waals surface area contributed by atoms with Crippen molar-refractivity contribution < 1.29 is 30.3 Å². The van der Waals surface area contributed by atoms with Gasteiger partial charge < -0.3 is 25.5 Å². The molecular formula is C20H22O6. The highest BCUT2D eigenvalue weighted by Gasteiger charge is 2.28. The zero-order chi connectivity index (χ0) is 19.5. The molecule has 2 rings (SSSR count). The summed E-state index contributed by atoms with van der Waals surface area (Å²) in [6, 6.07) is 8.76. The van der Waals surface area contributed by atoms with Gasteiger partial charge in [-0.25, -0.2) is 0 Å². The number of hydrogen-bond acceptors (Lipinski definition) is 6. The van der Waals surface area contributed by atoms with Crippen LogP contribution in [0.5, 0.6) is 17.2 Å². The third-order valence-electron chi connectivity index (χ3n) is 4.06. The summed E-state index contributed by atoms with van der Waals surface area (Å²) in [5.41, 5.74) is -0.788. The molecule has 1 unspecified atom stereocenters. The molecule has 2 aromatic rings. The number of phenols is 3. The minimum absolute atomic E-state index is 0.0106. The van der Waals surface area contributed by atoms with Crippen LogP contribution < -0.4 is 0 Å². The van der Waals surface area contributed by atoms with Gasteiger partial charge in [0.1, 0.15) is 17.2 Å². The van der Waals surface area contributed by atoms with Crippen molar-refractivity contribution in [1.82, 2.24) is 0 Å². The Balaban J connectivity index is 2.28. The summed E-state index contributed by atoms with van der Waals surface area (Å²) in [5, 5.41) is 49.4. The molecule has 138 valence electrons. The van der Waals surface area contributed by atoms with Crippen LogP contribution in [0.15, 0.2) is 42.5 Å². The van der Waals surface area contributed by atoms with Crippen LogP contribution in [0.3, 0.4) is 0 Å². The van der Waals surface area contributed by atoms with E-state index in [-0.39, 0.29) is 29.0 Å². The van der Waals surface area contributed by atoms with Gasteiger partial charge in [0, 0.05) is 12.0 Å². The highest BCUT2D eigenvalue weighted by Crippen LogP contribution is 2.33. The van der Waals surface area contributed by atoms with Gasteiger partial charge in [-0.1, -0.05) is 18.2 Å². The molecule has 0 aliphatic heterocycles. The van der Waals surface area contributed by atoms with E-state index in [2.05, 4.69) is 0 Å². The van der Waals surface area contributed by atoms with Crippen LogP contribution >= 0.6 is 0 Å². The fourth-order valence-corrected chi connectivity index (χ4v) is 2.32. The maximum Gasteiger partial charge on any atom is 0.189 e. The van der Waals surface area contributed by atoms with Crippen molar-refractivity contribution in [2.75, 3.05) is 0 Å². The molecule has 1 atom stereocenters. The molecule has 0 aromatic heterocycles. The number of aliphatic hydroxyl groups excluding tert-OH is 1. The Morgan fingerprint density at radius 1 is 1.08 bits per heavy atom. The number of carbonyl (C=O) groups excluding carboxylic acids is 1. The van der Waals surface area contributed by atoms with Gasteiger partial charge in [-0.2, -0.15) is 0 Å². The van der Waals surface area contributed by atoms with Crippen LogP contribution in [0.1, 0.15) is 35.3 Å². The van der Waals surface area contributed by atoms with Crippen molar-refractivity contribution in [3.05, 3.63) is 59.2 Å². The summed E-state index contributed by atoms with van der Waals surface area (Å²) < 4.78 is 0. The molecule has 0 fully saturated rings. The molecule has 0 spiro atoms. The van der Waals surface area contributed by atoms with E-state index in [1.807, 2.05) is 0 Å². The van der Waals surface area contributed by atoms with Crippen molar-refractivity contribution in [3.63, 3.8) is 0 Å². The van der Waals surface area contributed by atoms with Crippen LogP contribution in [-0.2, 0) is 6.42 Å². The normalized spacial score (nSPS) is 13.1. The van der Waals surface area contributed by atoms with Gasteiger partial charge in [0.15, 0.2) is 5.78 Å². The lowest BCUT2D eigenvalue weighted by molar-refractivity contribution is -0.0472. The molecule has 0 saturated heterocycles. The standard InChI is InChI=1S/C20H22O6/c1-20(2,26)18(24)11-15-17(23)10-8-14(19(15)25)16(22)9-5-12-3-6-13(21)7-4-12/h3-10,18,21,23-26H,11H2,1-2H3. The lowest BCUT2D eigenvalue weighted by Crippen LogP contribution is -2.37. The van der Waals surface area contributed by atoms with Gasteiger partial charge >= 0.3 is 0 Å². The van der Waals surface area contributed by atoms with E-state index in [4.69, 9.17) is 0 Å². The summed E-state index contributed by atoms with van der Waals surface area (Å²) in [5.74, 6) is -1.09. The lowest BCUT2D eigenvalue weighted by atomic mass is 9.92. The molecular weight excluding hydrogens is 336 g/mol. The van der Waals surface area contributed by atoms with Crippen LogP contribution in [0.25, 0.3) is 6.08 Å². The van der Waals surface area contributed by atoms with Crippen LogP contribution in [-0.4, -0.2) is 43.0 Å². The number of benzene rings is 2. The smallest absolute Gasteiger partial charge is 0.189 e. The number of aromatic hydroxyl groups is 3. The molecule has 0 amide bonds. The summed E-state index contributed by atoms with van der Waals surface area (Å²) in [7, 11) is 0. The van der Waals surface area contributed by atoms with Crippen LogP contribution in [0, 0.1) is 0 Å². The maximum absolute atomic E-state index is 12.4. The highest BCUT2D eigenvalue weighted by atomic mass is 16.3. The molecule has 2 aromatic carbocycles. The number of rotatable bonds is 6. The summed E-state index contributed by atoms with van der Waals surface area (Å²) in [6.07, 6.45) is 1.33. The second-order valence-electron chi connectivity index (χ2n) is 6.62. The van der Waals surface area contributed by atoms with Crippen molar-refractivity contribution in [2.24, 2.45) is 0 Å². The SMILES string of the molecule is CC(C)(O)C(O)Cc1c(O)ccc(C(=O)C=Cc2ccc(O)cc2)c1O. The van der Waals surface area contributed by atoms with Gasteiger partial charge in [-0.05, 0) is 49.8 Å².